The molecular weight excluding hydrogens is 175 g/mol. The summed E-state index contributed by atoms with van der Waals surface area (Å²) in [6.07, 6.45) is 6.07. The summed E-state index contributed by atoms with van der Waals surface area (Å²) >= 11 is 15.6. The van der Waals surface area contributed by atoms with Gasteiger partial charge in [0.15, 0.2) is 0 Å². The van der Waals surface area contributed by atoms with E-state index in [4.69, 9.17) is 23.2 Å². The lowest BCUT2D eigenvalue weighted by Gasteiger charge is -2.16. The van der Waals surface area contributed by atoms with E-state index >= 15 is 0 Å². The zero-order valence-corrected chi connectivity index (χ0v) is 7.05. The van der Waals surface area contributed by atoms with Gasteiger partial charge in [-0.15, -0.1) is 11.6 Å². The van der Waals surface area contributed by atoms with Crippen LogP contribution in [0.1, 0.15) is 6.42 Å². The van der Waals surface area contributed by atoms with Gasteiger partial charge in [-0.05, 0) is 12.5 Å². The van der Waals surface area contributed by atoms with E-state index in [-0.39, 0.29) is 0 Å². The fraction of sp³-hybridized carbons (Fsp3) is 0.333. The largest absolute Gasteiger partial charge is 0.152 e. The second kappa shape index (κ2) is 2.57. The van der Waals surface area contributed by atoms with Crippen LogP contribution in [0.25, 0.3) is 0 Å². The molecule has 0 aliphatic heterocycles. The number of hydrogen-bond donors (Lipinski definition) is 1. The van der Waals surface area contributed by atoms with Crippen molar-refractivity contribution in [1.82, 2.24) is 0 Å². The highest BCUT2D eigenvalue weighted by atomic mass is 35.5. The smallest absolute Gasteiger partial charge is 0.109 e. The second-order valence-corrected chi connectivity index (χ2v) is 4.12. The molecule has 3 heteroatoms. The van der Waals surface area contributed by atoms with Crippen molar-refractivity contribution in [2.24, 2.45) is 0 Å². The summed E-state index contributed by atoms with van der Waals surface area (Å²) < 4.78 is -0.515. The lowest BCUT2D eigenvalue weighted by atomic mass is 10.2. The topological polar surface area (TPSA) is 0 Å². The van der Waals surface area contributed by atoms with Crippen LogP contribution in [0.2, 0.25) is 0 Å². The van der Waals surface area contributed by atoms with E-state index in [1.807, 2.05) is 6.08 Å². The summed E-state index contributed by atoms with van der Waals surface area (Å²) in [4.78, 5) is 0. The van der Waals surface area contributed by atoms with E-state index in [2.05, 4.69) is 12.6 Å². The van der Waals surface area contributed by atoms with E-state index in [1.54, 1.807) is 12.2 Å². The average Bonchev–Trinajstić information content (AvgIpc) is 1.78. The first-order valence-electron chi connectivity index (χ1n) is 2.56. The molecule has 0 saturated heterocycles. The van der Waals surface area contributed by atoms with Crippen molar-refractivity contribution in [1.29, 1.82) is 0 Å². The number of thiol groups is 1. The summed E-state index contributed by atoms with van der Waals surface area (Å²) in [5.74, 6) is 0. The average molecular weight is 181 g/mol. The van der Waals surface area contributed by atoms with Crippen LogP contribution in [0.4, 0.5) is 0 Å². The molecule has 1 unspecified atom stereocenters. The molecule has 0 aromatic heterocycles. The molecule has 1 aliphatic carbocycles. The highest BCUT2D eigenvalue weighted by molar-refractivity contribution is 7.83. The molecule has 0 aromatic rings. The Morgan fingerprint density at radius 3 is 2.67 bits per heavy atom. The van der Waals surface area contributed by atoms with E-state index in [0.717, 1.165) is 5.03 Å². The van der Waals surface area contributed by atoms with Crippen LogP contribution < -0.4 is 0 Å². The number of halogens is 2. The highest BCUT2D eigenvalue weighted by Gasteiger charge is 2.18. The van der Waals surface area contributed by atoms with E-state index in [9.17, 15) is 0 Å². The van der Waals surface area contributed by atoms with Gasteiger partial charge in [0.05, 0.1) is 0 Å². The molecule has 0 nitrogen and oxygen atoms in total. The van der Waals surface area contributed by atoms with E-state index in [1.165, 1.54) is 0 Å². The minimum Gasteiger partial charge on any atom is -0.152 e. The Kier molecular flexibility index (Phi) is 2.14. The van der Waals surface area contributed by atoms with Crippen LogP contribution in [-0.4, -0.2) is 4.21 Å². The molecule has 0 heterocycles. The van der Waals surface area contributed by atoms with Gasteiger partial charge in [0.25, 0.3) is 0 Å². The molecule has 0 bridgehead atoms. The molecule has 0 radical (unpaired) electrons. The van der Waals surface area contributed by atoms with Crippen LogP contribution in [0, 0.1) is 0 Å². The third-order valence-corrected chi connectivity index (χ3v) is 1.97. The third-order valence-electron chi connectivity index (χ3n) is 1.08. The fourth-order valence-corrected chi connectivity index (χ4v) is 1.03. The van der Waals surface area contributed by atoms with Crippen LogP contribution in [0.3, 0.4) is 0 Å². The van der Waals surface area contributed by atoms with E-state index in [0.29, 0.717) is 6.42 Å². The Morgan fingerprint density at radius 2 is 2.33 bits per heavy atom. The number of alkyl halides is 1. The van der Waals surface area contributed by atoms with Gasteiger partial charge in [-0.1, -0.05) is 23.8 Å². The molecule has 0 spiro atoms. The van der Waals surface area contributed by atoms with Gasteiger partial charge in [0.2, 0.25) is 0 Å². The first-order valence-corrected chi connectivity index (χ1v) is 3.77. The Hall–Kier alpha value is 0.410. The highest BCUT2D eigenvalue weighted by Crippen LogP contribution is 2.31. The zero-order valence-electron chi connectivity index (χ0n) is 4.64. The molecule has 0 fully saturated rings. The van der Waals surface area contributed by atoms with Crippen LogP contribution in [0.15, 0.2) is 23.3 Å². The van der Waals surface area contributed by atoms with Gasteiger partial charge < -0.3 is 0 Å². The molecule has 50 valence electrons. The normalized spacial score (nSPS) is 34.3. The third kappa shape index (κ3) is 2.24. The molecule has 9 heavy (non-hydrogen) atoms. The molecule has 0 aromatic carbocycles. The number of allylic oxidation sites excluding steroid dienone is 3. The maximum atomic E-state index is 5.81. The quantitative estimate of drug-likeness (QED) is 0.431. The molecule has 0 amide bonds. The van der Waals surface area contributed by atoms with Gasteiger partial charge >= 0.3 is 0 Å². The first-order chi connectivity index (χ1) is 4.10. The molecule has 0 N–H and O–H groups in total. The SMILES string of the molecule is SC1(Cl)C=CC(Cl)=CC1. The Bertz CT molecular complexity index is 170. The summed E-state index contributed by atoms with van der Waals surface area (Å²) in [5, 5.41) is 0.736. The Balaban J connectivity index is 2.70. The summed E-state index contributed by atoms with van der Waals surface area (Å²) in [6.45, 7) is 0. The maximum absolute atomic E-state index is 5.81. The van der Waals surface area contributed by atoms with Gasteiger partial charge in [0.1, 0.15) is 4.21 Å². The first kappa shape index (κ1) is 7.52. The van der Waals surface area contributed by atoms with Crippen molar-refractivity contribution in [3.8, 4) is 0 Å². The van der Waals surface area contributed by atoms with Crippen molar-refractivity contribution in [2.75, 3.05) is 0 Å². The zero-order chi connectivity index (χ0) is 6.91. The van der Waals surface area contributed by atoms with Crippen molar-refractivity contribution in [2.45, 2.75) is 10.6 Å². The predicted molar refractivity (Wildman–Crippen MR) is 45.3 cm³/mol. The van der Waals surface area contributed by atoms with Crippen molar-refractivity contribution < 1.29 is 0 Å². The minimum absolute atomic E-state index is 0.515. The molecular formula is C6H6Cl2S. The Labute approximate surface area is 69.9 Å². The van der Waals surface area contributed by atoms with Crippen LogP contribution in [0.5, 0.6) is 0 Å². The molecule has 1 rings (SSSR count). The second-order valence-electron chi connectivity index (χ2n) is 1.95. The lowest BCUT2D eigenvalue weighted by Crippen LogP contribution is -2.09. The maximum Gasteiger partial charge on any atom is 0.109 e. The van der Waals surface area contributed by atoms with Gasteiger partial charge in [0, 0.05) is 5.03 Å². The standard InChI is InChI=1S/C6H6Cl2S/c7-5-1-3-6(8,9)4-2-5/h1-3,9H,4H2. The van der Waals surface area contributed by atoms with Crippen molar-refractivity contribution in [3.05, 3.63) is 23.3 Å². The Morgan fingerprint density at radius 1 is 1.67 bits per heavy atom. The number of hydrogen-bond acceptors (Lipinski definition) is 1. The molecule has 0 saturated carbocycles. The summed E-state index contributed by atoms with van der Waals surface area (Å²) in [5.41, 5.74) is 0. The van der Waals surface area contributed by atoms with E-state index < -0.39 is 4.21 Å². The fourth-order valence-electron chi connectivity index (χ4n) is 0.584. The summed E-state index contributed by atoms with van der Waals surface area (Å²) in [7, 11) is 0. The predicted octanol–water partition coefficient (Wildman–Crippen LogP) is 2.93. The van der Waals surface area contributed by atoms with Gasteiger partial charge in [-0.25, -0.2) is 0 Å². The van der Waals surface area contributed by atoms with Crippen molar-refractivity contribution in [3.63, 3.8) is 0 Å². The molecule has 1 atom stereocenters. The van der Waals surface area contributed by atoms with Crippen molar-refractivity contribution >= 4 is 35.8 Å². The minimum atomic E-state index is -0.515. The number of rotatable bonds is 0. The van der Waals surface area contributed by atoms with Gasteiger partial charge in [-0.2, -0.15) is 12.6 Å². The molecule has 1 aliphatic rings. The monoisotopic (exact) mass is 180 g/mol. The van der Waals surface area contributed by atoms with Crippen LogP contribution in [-0.2, 0) is 0 Å². The summed E-state index contributed by atoms with van der Waals surface area (Å²) in [6, 6.07) is 0. The van der Waals surface area contributed by atoms with Crippen LogP contribution >= 0.6 is 35.8 Å². The lowest BCUT2D eigenvalue weighted by molar-refractivity contribution is 0.980. The van der Waals surface area contributed by atoms with Gasteiger partial charge in [-0.3, -0.25) is 0 Å².